The Balaban J connectivity index is 1.59. The Morgan fingerprint density at radius 2 is 1.88 bits per heavy atom. The number of rotatable bonds is 6. The highest BCUT2D eigenvalue weighted by molar-refractivity contribution is 5.91. The van der Waals surface area contributed by atoms with Crippen LogP contribution in [0.5, 0.6) is 0 Å². The van der Waals surface area contributed by atoms with E-state index in [1.165, 1.54) is 16.9 Å². The first kappa shape index (κ1) is 16.8. The zero-order valence-electron chi connectivity index (χ0n) is 13.3. The van der Waals surface area contributed by atoms with Gasteiger partial charge in [0.15, 0.2) is 5.69 Å². The van der Waals surface area contributed by atoms with Crippen molar-refractivity contribution in [2.75, 3.05) is 0 Å². The second-order valence-electron chi connectivity index (χ2n) is 5.53. The predicted molar refractivity (Wildman–Crippen MR) is 89.0 cm³/mol. The van der Waals surface area contributed by atoms with E-state index in [1.54, 1.807) is 18.2 Å². The molecule has 6 nitrogen and oxygen atoms in total. The number of aliphatic hydroxyl groups is 1. The topological polar surface area (TPSA) is 80.0 Å². The normalized spacial score (nSPS) is 11.9. The molecule has 2 aromatic carbocycles. The number of aromatic nitrogens is 3. The Bertz CT molecular complexity index is 851. The van der Waals surface area contributed by atoms with Crippen molar-refractivity contribution < 1.29 is 14.3 Å². The zero-order chi connectivity index (χ0) is 17.6. The number of carbonyl (C=O) groups excluding carboxylic acids is 1. The fourth-order valence-corrected chi connectivity index (χ4v) is 2.36. The third kappa shape index (κ3) is 4.27. The number of benzene rings is 2. The molecule has 7 heteroatoms. The summed E-state index contributed by atoms with van der Waals surface area (Å²) in [5.41, 5.74) is 1.25. The summed E-state index contributed by atoms with van der Waals surface area (Å²) >= 11 is 0. The van der Waals surface area contributed by atoms with Crippen LogP contribution in [0.15, 0.2) is 60.8 Å². The summed E-state index contributed by atoms with van der Waals surface area (Å²) in [7, 11) is 0. The number of nitrogens with one attached hydrogen (secondary N) is 1. The Labute approximate surface area is 143 Å². The van der Waals surface area contributed by atoms with Crippen LogP contribution < -0.4 is 5.32 Å². The maximum Gasteiger partial charge on any atom is 0.273 e. The van der Waals surface area contributed by atoms with E-state index in [1.807, 2.05) is 30.3 Å². The van der Waals surface area contributed by atoms with Gasteiger partial charge in [0.05, 0.1) is 18.8 Å². The smallest absolute Gasteiger partial charge is 0.273 e. The third-order valence-corrected chi connectivity index (χ3v) is 3.71. The molecule has 1 heterocycles. The molecule has 0 radical (unpaired) electrons. The maximum absolute atomic E-state index is 13.5. The van der Waals surface area contributed by atoms with Crippen molar-refractivity contribution in [3.8, 4) is 0 Å². The lowest BCUT2D eigenvalue weighted by Crippen LogP contribution is -2.23. The highest BCUT2D eigenvalue weighted by atomic mass is 19.1. The van der Waals surface area contributed by atoms with Gasteiger partial charge < -0.3 is 10.4 Å². The van der Waals surface area contributed by atoms with Gasteiger partial charge in [0.1, 0.15) is 5.82 Å². The van der Waals surface area contributed by atoms with Crippen LogP contribution in [0, 0.1) is 5.82 Å². The summed E-state index contributed by atoms with van der Waals surface area (Å²) in [6.45, 7) is 0.239. The van der Waals surface area contributed by atoms with Crippen molar-refractivity contribution in [1.29, 1.82) is 0 Å². The molecule has 128 valence electrons. The summed E-state index contributed by atoms with van der Waals surface area (Å²) in [4.78, 5) is 12.1. The Morgan fingerprint density at radius 1 is 1.16 bits per heavy atom. The van der Waals surface area contributed by atoms with Crippen molar-refractivity contribution in [2.24, 2.45) is 0 Å². The van der Waals surface area contributed by atoms with Gasteiger partial charge in [-0.2, -0.15) is 0 Å². The van der Waals surface area contributed by atoms with Gasteiger partial charge in [0.25, 0.3) is 5.91 Å². The molecule has 1 aromatic heterocycles. The second-order valence-corrected chi connectivity index (χ2v) is 5.53. The Hall–Kier alpha value is -3.06. The molecule has 0 saturated carbocycles. The number of hydrogen-bond acceptors (Lipinski definition) is 4. The first-order valence-corrected chi connectivity index (χ1v) is 7.78. The lowest BCUT2D eigenvalue weighted by atomic mass is 10.1. The van der Waals surface area contributed by atoms with Gasteiger partial charge >= 0.3 is 0 Å². The van der Waals surface area contributed by atoms with Crippen molar-refractivity contribution in [3.05, 3.63) is 83.4 Å². The monoisotopic (exact) mass is 340 g/mol. The Kier molecular flexibility index (Phi) is 5.15. The summed E-state index contributed by atoms with van der Waals surface area (Å²) in [5.74, 6) is -0.832. The van der Waals surface area contributed by atoms with Crippen molar-refractivity contribution in [1.82, 2.24) is 20.3 Å². The van der Waals surface area contributed by atoms with E-state index in [4.69, 9.17) is 0 Å². The maximum atomic E-state index is 13.5. The van der Waals surface area contributed by atoms with Crippen LogP contribution in [0.25, 0.3) is 0 Å². The van der Waals surface area contributed by atoms with Crippen LogP contribution in [-0.4, -0.2) is 26.0 Å². The molecule has 3 aromatic rings. The van der Waals surface area contributed by atoms with Gasteiger partial charge in [0, 0.05) is 12.1 Å². The molecule has 0 fully saturated rings. The standard InChI is InChI=1S/C18H17FN4O2/c19-15-9-5-4-8-14(15)10-20-18(25)16-11-23(22-21-16)12-17(24)13-6-2-1-3-7-13/h1-9,11,17,24H,10,12H2,(H,20,25)/t17-/m1/s1. The summed E-state index contributed by atoms with van der Waals surface area (Å²) in [5, 5.41) is 20.4. The van der Waals surface area contributed by atoms with E-state index >= 15 is 0 Å². The zero-order valence-corrected chi connectivity index (χ0v) is 13.3. The molecule has 0 spiro atoms. The fraction of sp³-hybridized carbons (Fsp3) is 0.167. The van der Waals surface area contributed by atoms with Gasteiger partial charge in [-0.25, -0.2) is 9.07 Å². The minimum atomic E-state index is -0.753. The molecule has 0 saturated heterocycles. The summed E-state index contributed by atoms with van der Waals surface area (Å²) < 4.78 is 14.9. The number of halogens is 1. The molecule has 3 rings (SSSR count). The highest BCUT2D eigenvalue weighted by Gasteiger charge is 2.14. The summed E-state index contributed by atoms with van der Waals surface area (Å²) in [6.07, 6.45) is 0.695. The summed E-state index contributed by atoms with van der Waals surface area (Å²) in [6, 6.07) is 15.4. The van der Waals surface area contributed by atoms with Gasteiger partial charge in [-0.1, -0.05) is 53.7 Å². The van der Waals surface area contributed by atoms with Crippen LogP contribution in [0.2, 0.25) is 0 Å². The van der Waals surface area contributed by atoms with Gasteiger partial charge in [-0.05, 0) is 11.6 Å². The lowest BCUT2D eigenvalue weighted by molar-refractivity contribution is 0.0945. The highest BCUT2D eigenvalue weighted by Crippen LogP contribution is 2.14. The van der Waals surface area contributed by atoms with E-state index in [0.29, 0.717) is 5.56 Å². The van der Waals surface area contributed by atoms with Gasteiger partial charge in [-0.15, -0.1) is 5.10 Å². The van der Waals surface area contributed by atoms with E-state index in [-0.39, 0.29) is 24.6 Å². The number of nitrogens with zero attached hydrogens (tertiary/aromatic N) is 3. The van der Waals surface area contributed by atoms with Gasteiger partial charge in [-0.3, -0.25) is 4.79 Å². The molecule has 1 atom stereocenters. The average molecular weight is 340 g/mol. The van der Waals surface area contributed by atoms with Crippen molar-refractivity contribution >= 4 is 5.91 Å². The number of hydrogen-bond donors (Lipinski definition) is 2. The average Bonchev–Trinajstić information content (AvgIpc) is 3.10. The quantitative estimate of drug-likeness (QED) is 0.720. The first-order valence-electron chi connectivity index (χ1n) is 7.78. The van der Waals surface area contributed by atoms with Crippen LogP contribution in [0.4, 0.5) is 4.39 Å². The molecule has 1 amide bonds. The number of carbonyl (C=O) groups is 1. The molecule has 0 aliphatic carbocycles. The minimum absolute atomic E-state index is 0.0605. The number of aliphatic hydroxyl groups excluding tert-OH is 1. The minimum Gasteiger partial charge on any atom is -0.386 e. The predicted octanol–water partition coefficient (Wildman–Crippen LogP) is 2.08. The SMILES string of the molecule is O=C(NCc1ccccc1F)c1cn(C[C@@H](O)c2ccccc2)nn1. The fourth-order valence-electron chi connectivity index (χ4n) is 2.36. The molecule has 25 heavy (non-hydrogen) atoms. The van der Waals surface area contributed by atoms with Crippen LogP contribution in [-0.2, 0) is 13.1 Å². The van der Waals surface area contributed by atoms with E-state index < -0.39 is 12.0 Å². The molecule has 0 bridgehead atoms. The molecule has 0 aliphatic heterocycles. The largest absolute Gasteiger partial charge is 0.386 e. The van der Waals surface area contributed by atoms with Crippen LogP contribution >= 0.6 is 0 Å². The first-order chi connectivity index (χ1) is 12.1. The molecular weight excluding hydrogens is 323 g/mol. The molecular formula is C18H17FN4O2. The number of amides is 1. The van der Waals surface area contributed by atoms with E-state index in [2.05, 4.69) is 15.6 Å². The molecule has 2 N–H and O–H groups in total. The second kappa shape index (κ2) is 7.67. The van der Waals surface area contributed by atoms with Crippen LogP contribution in [0.1, 0.15) is 27.7 Å². The third-order valence-electron chi connectivity index (χ3n) is 3.71. The van der Waals surface area contributed by atoms with E-state index in [9.17, 15) is 14.3 Å². The van der Waals surface area contributed by atoms with Crippen LogP contribution in [0.3, 0.4) is 0 Å². The molecule has 0 unspecified atom stereocenters. The lowest BCUT2D eigenvalue weighted by Gasteiger charge is -2.09. The molecule has 0 aliphatic rings. The van der Waals surface area contributed by atoms with E-state index in [0.717, 1.165) is 5.56 Å². The van der Waals surface area contributed by atoms with Crippen molar-refractivity contribution in [2.45, 2.75) is 19.2 Å². The van der Waals surface area contributed by atoms with Crippen molar-refractivity contribution in [3.63, 3.8) is 0 Å². The van der Waals surface area contributed by atoms with Gasteiger partial charge in [0.2, 0.25) is 0 Å². The Morgan fingerprint density at radius 3 is 2.64 bits per heavy atom.